The van der Waals surface area contributed by atoms with Crippen LogP contribution in [0, 0.1) is 17.3 Å². The molecule has 1 fully saturated rings. The Balaban J connectivity index is 2.33. The van der Waals surface area contributed by atoms with Gasteiger partial charge in [-0.25, -0.2) is 0 Å². The van der Waals surface area contributed by atoms with E-state index >= 15 is 0 Å². The van der Waals surface area contributed by atoms with Crippen molar-refractivity contribution in [3.05, 3.63) is 0 Å². The van der Waals surface area contributed by atoms with Crippen molar-refractivity contribution < 1.29 is 5.11 Å². The lowest BCUT2D eigenvalue weighted by molar-refractivity contribution is 0.0322. The summed E-state index contributed by atoms with van der Waals surface area (Å²) < 4.78 is 0. The van der Waals surface area contributed by atoms with E-state index in [4.69, 9.17) is 0 Å². The first-order chi connectivity index (χ1) is 9.16. The molecule has 20 heavy (non-hydrogen) atoms. The van der Waals surface area contributed by atoms with Gasteiger partial charge in [0.25, 0.3) is 0 Å². The Morgan fingerprint density at radius 1 is 1.10 bits per heavy atom. The largest absolute Gasteiger partial charge is 0.389 e. The molecule has 0 amide bonds. The first-order valence-electron chi connectivity index (χ1n) is 8.62. The fraction of sp³-hybridized carbons (Fsp3) is 1.00. The summed E-state index contributed by atoms with van der Waals surface area (Å²) in [4.78, 5) is 0. The van der Waals surface area contributed by atoms with E-state index in [0.717, 1.165) is 18.9 Å². The van der Waals surface area contributed by atoms with Gasteiger partial charge in [-0.05, 0) is 56.3 Å². The van der Waals surface area contributed by atoms with Crippen LogP contribution in [0.2, 0.25) is 0 Å². The van der Waals surface area contributed by atoms with Crippen molar-refractivity contribution in [1.29, 1.82) is 0 Å². The predicted molar refractivity (Wildman–Crippen MR) is 87.9 cm³/mol. The molecule has 0 radical (unpaired) electrons. The summed E-state index contributed by atoms with van der Waals surface area (Å²) in [6.07, 6.45) is 7.37. The minimum atomic E-state index is -0.562. The van der Waals surface area contributed by atoms with Gasteiger partial charge in [0, 0.05) is 12.6 Å². The van der Waals surface area contributed by atoms with E-state index in [2.05, 4.69) is 39.9 Å². The molecule has 120 valence electrons. The lowest BCUT2D eigenvalue weighted by Gasteiger charge is -2.39. The molecule has 2 heteroatoms. The average Bonchev–Trinajstić information content (AvgIpc) is 2.35. The number of nitrogens with one attached hydrogen (secondary N) is 1. The van der Waals surface area contributed by atoms with Crippen LogP contribution in [0.3, 0.4) is 0 Å². The Labute approximate surface area is 126 Å². The van der Waals surface area contributed by atoms with Gasteiger partial charge in [0.15, 0.2) is 0 Å². The highest BCUT2D eigenvalue weighted by atomic mass is 16.3. The quantitative estimate of drug-likeness (QED) is 0.727. The molecule has 2 N–H and O–H groups in total. The van der Waals surface area contributed by atoms with Gasteiger partial charge >= 0.3 is 0 Å². The van der Waals surface area contributed by atoms with E-state index in [1.807, 2.05) is 6.92 Å². The molecule has 0 aliphatic heterocycles. The van der Waals surface area contributed by atoms with Crippen LogP contribution in [0.15, 0.2) is 0 Å². The zero-order valence-electron chi connectivity index (χ0n) is 14.6. The summed E-state index contributed by atoms with van der Waals surface area (Å²) in [7, 11) is 0. The van der Waals surface area contributed by atoms with Crippen LogP contribution >= 0.6 is 0 Å². The van der Waals surface area contributed by atoms with Crippen molar-refractivity contribution in [2.24, 2.45) is 17.3 Å². The Kier molecular flexibility index (Phi) is 6.53. The van der Waals surface area contributed by atoms with Gasteiger partial charge in [0.05, 0.1) is 5.60 Å². The molecule has 0 aromatic heterocycles. The lowest BCUT2D eigenvalue weighted by Crippen LogP contribution is -2.45. The van der Waals surface area contributed by atoms with E-state index in [9.17, 15) is 5.11 Å². The molecular formula is C18H37NO. The average molecular weight is 284 g/mol. The fourth-order valence-corrected chi connectivity index (χ4v) is 3.68. The normalized spacial score (nSPS) is 27.6. The van der Waals surface area contributed by atoms with Crippen LogP contribution in [-0.2, 0) is 0 Å². The smallest absolute Gasteiger partial charge is 0.0746 e. The maximum Gasteiger partial charge on any atom is 0.0746 e. The standard InChI is InChI=1S/C18H37NO/c1-7-17(4,5)15-8-10-16(11-9-15)19-13-18(6,20)12-14(2)3/h14-16,19-20H,7-13H2,1-6H3. The molecule has 1 rings (SSSR count). The highest BCUT2D eigenvalue weighted by Gasteiger charge is 2.32. The van der Waals surface area contributed by atoms with Gasteiger partial charge < -0.3 is 10.4 Å². The van der Waals surface area contributed by atoms with Crippen LogP contribution in [0.25, 0.3) is 0 Å². The van der Waals surface area contributed by atoms with Crippen molar-refractivity contribution in [2.45, 2.75) is 91.7 Å². The van der Waals surface area contributed by atoms with E-state index in [1.165, 1.54) is 32.1 Å². The summed E-state index contributed by atoms with van der Waals surface area (Å²) in [5.41, 5.74) is -0.0676. The summed E-state index contributed by atoms with van der Waals surface area (Å²) in [5.74, 6) is 1.43. The lowest BCUT2D eigenvalue weighted by atomic mass is 9.69. The van der Waals surface area contributed by atoms with E-state index < -0.39 is 5.60 Å². The van der Waals surface area contributed by atoms with E-state index in [-0.39, 0.29) is 0 Å². The second-order valence-electron chi connectivity index (χ2n) is 8.37. The number of hydrogen-bond acceptors (Lipinski definition) is 2. The molecule has 1 unspecified atom stereocenters. The van der Waals surface area contributed by atoms with Gasteiger partial charge in [-0.15, -0.1) is 0 Å². The molecule has 1 saturated carbocycles. The van der Waals surface area contributed by atoms with Crippen molar-refractivity contribution in [3.63, 3.8) is 0 Å². The molecule has 0 aromatic rings. The van der Waals surface area contributed by atoms with E-state index in [1.54, 1.807) is 0 Å². The number of aliphatic hydroxyl groups is 1. The minimum absolute atomic E-state index is 0.494. The molecule has 0 bridgehead atoms. The summed E-state index contributed by atoms with van der Waals surface area (Å²) in [6.45, 7) is 14.2. The first-order valence-corrected chi connectivity index (χ1v) is 8.62. The highest BCUT2D eigenvalue weighted by molar-refractivity contribution is 4.86. The van der Waals surface area contributed by atoms with Crippen LogP contribution in [0.1, 0.15) is 80.1 Å². The first kappa shape index (κ1) is 18.0. The van der Waals surface area contributed by atoms with Crippen LogP contribution in [0.4, 0.5) is 0 Å². The maximum absolute atomic E-state index is 10.4. The molecule has 0 aromatic carbocycles. The third-order valence-electron chi connectivity index (χ3n) is 5.36. The zero-order valence-corrected chi connectivity index (χ0v) is 14.6. The molecule has 1 aliphatic carbocycles. The minimum Gasteiger partial charge on any atom is -0.389 e. The monoisotopic (exact) mass is 283 g/mol. The molecule has 1 aliphatic rings. The number of rotatable bonds is 7. The van der Waals surface area contributed by atoms with Gasteiger partial charge in [-0.1, -0.05) is 41.0 Å². The molecule has 0 saturated heterocycles. The third kappa shape index (κ3) is 5.73. The topological polar surface area (TPSA) is 32.3 Å². The van der Waals surface area contributed by atoms with Gasteiger partial charge in [0.1, 0.15) is 0 Å². The van der Waals surface area contributed by atoms with Crippen molar-refractivity contribution in [1.82, 2.24) is 5.32 Å². The van der Waals surface area contributed by atoms with Crippen LogP contribution < -0.4 is 5.32 Å². The third-order valence-corrected chi connectivity index (χ3v) is 5.36. The van der Waals surface area contributed by atoms with Crippen LogP contribution in [0.5, 0.6) is 0 Å². The van der Waals surface area contributed by atoms with Crippen molar-refractivity contribution >= 4 is 0 Å². The second-order valence-corrected chi connectivity index (χ2v) is 8.37. The van der Waals surface area contributed by atoms with Gasteiger partial charge in [-0.3, -0.25) is 0 Å². The Morgan fingerprint density at radius 2 is 1.65 bits per heavy atom. The Morgan fingerprint density at radius 3 is 2.10 bits per heavy atom. The maximum atomic E-state index is 10.4. The van der Waals surface area contributed by atoms with Gasteiger partial charge in [0.2, 0.25) is 0 Å². The highest BCUT2D eigenvalue weighted by Crippen LogP contribution is 2.40. The molecular weight excluding hydrogens is 246 g/mol. The number of hydrogen-bond donors (Lipinski definition) is 2. The molecule has 0 heterocycles. The summed E-state index contributed by atoms with van der Waals surface area (Å²) >= 11 is 0. The van der Waals surface area contributed by atoms with Gasteiger partial charge in [-0.2, -0.15) is 0 Å². The molecule has 1 atom stereocenters. The fourth-order valence-electron chi connectivity index (χ4n) is 3.68. The Hall–Kier alpha value is -0.0800. The predicted octanol–water partition coefficient (Wildman–Crippen LogP) is 4.37. The zero-order chi connectivity index (χ0) is 15.4. The Bertz CT molecular complexity index is 275. The SMILES string of the molecule is CCC(C)(C)C1CCC(NCC(C)(O)CC(C)C)CC1. The summed E-state index contributed by atoms with van der Waals surface area (Å²) in [5, 5.41) is 14.0. The van der Waals surface area contributed by atoms with Crippen LogP contribution in [-0.4, -0.2) is 23.3 Å². The molecule has 2 nitrogen and oxygen atoms in total. The van der Waals surface area contributed by atoms with Crippen molar-refractivity contribution in [2.75, 3.05) is 6.54 Å². The van der Waals surface area contributed by atoms with Crippen molar-refractivity contribution in [3.8, 4) is 0 Å². The van der Waals surface area contributed by atoms with E-state index in [0.29, 0.717) is 17.4 Å². The summed E-state index contributed by atoms with van der Waals surface area (Å²) in [6, 6.07) is 0.609. The molecule has 0 spiro atoms. The second kappa shape index (κ2) is 7.26.